The molecule has 3 atom stereocenters. The van der Waals surface area contributed by atoms with Gasteiger partial charge in [-0.15, -0.1) is 0 Å². The number of hydrogen-bond acceptors (Lipinski definition) is 3. The van der Waals surface area contributed by atoms with Gasteiger partial charge in [0.05, 0.1) is 4.83 Å². The van der Waals surface area contributed by atoms with Crippen molar-refractivity contribution in [2.24, 2.45) is 0 Å². The Hall–Kier alpha value is -0.870. The molecule has 0 amide bonds. The molecule has 1 aromatic rings. The van der Waals surface area contributed by atoms with Crippen LogP contribution in [-0.2, 0) is 9.53 Å². The lowest BCUT2D eigenvalue weighted by Gasteiger charge is -2.18. The molecule has 1 fully saturated rings. The lowest BCUT2D eigenvalue weighted by Crippen LogP contribution is -2.26. The molecule has 0 aromatic heterocycles. The molecule has 1 N–H and O–H groups in total. The van der Waals surface area contributed by atoms with Crippen LogP contribution in [0.4, 0.5) is 0 Å². The van der Waals surface area contributed by atoms with E-state index in [-0.39, 0.29) is 10.9 Å². The molecule has 1 aliphatic rings. The highest BCUT2D eigenvalue weighted by Crippen LogP contribution is 2.29. The number of carbonyl (C=O) groups is 1. The number of hydrogen-bond donors (Lipinski definition) is 1. The predicted octanol–water partition coefficient (Wildman–Crippen LogP) is 2.58. The zero-order valence-corrected chi connectivity index (χ0v) is 11.0. The number of halogens is 1. The Bertz CT molecular complexity index is 380. The Kier molecular flexibility index (Phi) is 4.18. The molecule has 0 aliphatic heterocycles. The Morgan fingerprint density at radius 2 is 2.06 bits per heavy atom. The summed E-state index contributed by atoms with van der Waals surface area (Å²) >= 11 is 3.48. The van der Waals surface area contributed by atoms with Gasteiger partial charge in [0, 0.05) is 0 Å². The Labute approximate surface area is 109 Å². The second kappa shape index (κ2) is 5.65. The van der Waals surface area contributed by atoms with Crippen LogP contribution in [0.5, 0.6) is 0 Å². The molecule has 1 saturated carbocycles. The molecule has 0 heterocycles. The largest absolute Gasteiger partial charge is 0.459 e. The van der Waals surface area contributed by atoms with Crippen LogP contribution >= 0.6 is 15.9 Å². The van der Waals surface area contributed by atoms with Crippen molar-refractivity contribution < 1.29 is 14.6 Å². The SMILES string of the molecule is O=C(O[C@H]1CCC[C@@H]1Br)[C@@H](O)c1ccccc1. The zero-order chi connectivity index (χ0) is 12.3. The van der Waals surface area contributed by atoms with Crippen LogP contribution in [0.3, 0.4) is 0 Å². The minimum atomic E-state index is -1.18. The fourth-order valence-corrected chi connectivity index (χ4v) is 2.69. The number of aliphatic hydroxyl groups is 1. The normalized spacial score (nSPS) is 25.5. The highest BCUT2D eigenvalue weighted by atomic mass is 79.9. The van der Waals surface area contributed by atoms with E-state index in [4.69, 9.17) is 4.74 Å². The van der Waals surface area contributed by atoms with Gasteiger partial charge in [0.15, 0.2) is 6.10 Å². The minimum Gasteiger partial charge on any atom is -0.459 e. The van der Waals surface area contributed by atoms with Crippen LogP contribution in [0.2, 0.25) is 0 Å². The average Bonchev–Trinajstić information content (AvgIpc) is 2.75. The van der Waals surface area contributed by atoms with E-state index in [9.17, 15) is 9.90 Å². The monoisotopic (exact) mass is 298 g/mol. The highest BCUT2D eigenvalue weighted by molar-refractivity contribution is 9.09. The van der Waals surface area contributed by atoms with Gasteiger partial charge in [0.1, 0.15) is 6.10 Å². The number of esters is 1. The van der Waals surface area contributed by atoms with Crippen LogP contribution in [0.25, 0.3) is 0 Å². The van der Waals surface area contributed by atoms with E-state index in [1.165, 1.54) is 0 Å². The van der Waals surface area contributed by atoms with Crippen molar-refractivity contribution in [3.63, 3.8) is 0 Å². The molecule has 1 aromatic carbocycles. The first-order chi connectivity index (χ1) is 8.18. The first-order valence-corrected chi connectivity index (χ1v) is 6.67. The summed E-state index contributed by atoms with van der Waals surface area (Å²) in [4.78, 5) is 12.0. The van der Waals surface area contributed by atoms with Gasteiger partial charge in [-0.3, -0.25) is 0 Å². The summed E-state index contributed by atoms with van der Waals surface area (Å²) < 4.78 is 5.30. The lowest BCUT2D eigenvalue weighted by atomic mass is 10.1. The molecular weight excluding hydrogens is 284 g/mol. The van der Waals surface area contributed by atoms with Crippen LogP contribution in [-0.4, -0.2) is 22.0 Å². The molecule has 0 bridgehead atoms. The molecular formula is C13H15BrO3. The number of aliphatic hydroxyl groups excluding tert-OH is 1. The van der Waals surface area contributed by atoms with Crippen molar-refractivity contribution in [2.45, 2.75) is 36.3 Å². The second-order valence-corrected chi connectivity index (χ2v) is 5.41. The minimum absolute atomic E-state index is 0.110. The molecule has 0 saturated heterocycles. The first kappa shape index (κ1) is 12.6. The maximum atomic E-state index is 11.8. The summed E-state index contributed by atoms with van der Waals surface area (Å²) in [7, 11) is 0. The predicted molar refractivity (Wildman–Crippen MR) is 67.8 cm³/mol. The van der Waals surface area contributed by atoms with Gasteiger partial charge in [-0.2, -0.15) is 0 Å². The maximum Gasteiger partial charge on any atom is 0.339 e. The Morgan fingerprint density at radius 1 is 1.35 bits per heavy atom. The maximum absolute atomic E-state index is 11.8. The summed E-state index contributed by atoms with van der Waals surface area (Å²) in [6, 6.07) is 8.84. The molecule has 3 nitrogen and oxygen atoms in total. The van der Waals surface area contributed by atoms with Crippen LogP contribution in [0.15, 0.2) is 30.3 Å². The molecule has 92 valence electrons. The molecule has 2 rings (SSSR count). The van der Waals surface area contributed by atoms with Gasteiger partial charge in [-0.1, -0.05) is 46.3 Å². The van der Waals surface area contributed by atoms with Gasteiger partial charge in [-0.25, -0.2) is 4.79 Å². The summed E-state index contributed by atoms with van der Waals surface area (Å²) in [6.07, 6.45) is 1.63. The number of carbonyl (C=O) groups excluding carboxylic acids is 1. The first-order valence-electron chi connectivity index (χ1n) is 5.76. The third kappa shape index (κ3) is 3.07. The van der Waals surface area contributed by atoms with Crippen LogP contribution < -0.4 is 0 Å². The van der Waals surface area contributed by atoms with E-state index < -0.39 is 12.1 Å². The fraction of sp³-hybridized carbons (Fsp3) is 0.462. The van der Waals surface area contributed by atoms with E-state index in [2.05, 4.69) is 15.9 Å². The molecule has 0 radical (unpaired) electrons. The van der Waals surface area contributed by atoms with E-state index in [0.717, 1.165) is 19.3 Å². The third-order valence-corrected chi connectivity index (χ3v) is 4.03. The average molecular weight is 299 g/mol. The van der Waals surface area contributed by atoms with Gasteiger partial charge < -0.3 is 9.84 Å². The molecule has 1 aliphatic carbocycles. The van der Waals surface area contributed by atoms with Gasteiger partial charge in [0.2, 0.25) is 0 Å². The lowest BCUT2D eigenvalue weighted by molar-refractivity contribution is -0.158. The van der Waals surface area contributed by atoms with Crippen molar-refractivity contribution in [3.05, 3.63) is 35.9 Å². The summed E-state index contributed by atoms with van der Waals surface area (Å²) in [5.41, 5.74) is 0.571. The molecule has 0 unspecified atom stereocenters. The smallest absolute Gasteiger partial charge is 0.339 e. The number of rotatable bonds is 3. The highest BCUT2D eigenvalue weighted by Gasteiger charge is 2.30. The van der Waals surface area contributed by atoms with E-state index in [1.54, 1.807) is 24.3 Å². The third-order valence-electron chi connectivity index (χ3n) is 2.98. The van der Waals surface area contributed by atoms with Crippen LogP contribution in [0, 0.1) is 0 Å². The van der Waals surface area contributed by atoms with Crippen molar-refractivity contribution in [1.82, 2.24) is 0 Å². The van der Waals surface area contributed by atoms with Crippen molar-refractivity contribution in [3.8, 4) is 0 Å². The summed E-state index contributed by atoms with van der Waals surface area (Å²) in [6.45, 7) is 0. The summed E-state index contributed by atoms with van der Waals surface area (Å²) in [5.74, 6) is -0.562. The molecule has 17 heavy (non-hydrogen) atoms. The number of alkyl halides is 1. The van der Waals surface area contributed by atoms with Crippen molar-refractivity contribution >= 4 is 21.9 Å². The fourth-order valence-electron chi connectivity index (χ4n) is 2.00. The number of benzene rings is 1. The van der Waals surface area contributed by atoms with Crippen LogP contribution in [0.1, 0.15) is 30.9 Å². The molecule has 4 heteroatoms. The van der Waals surface area contributed by atoms with E-state index in [1.807, 2.05) is 6.07 Å². The Morgan fingerprint density at radius 3 is 2.65 bits per heavy atom. The second-order valence-electron chi connectivity index (χ2n) is 4.24. The quantitative estimate of drug-likeness (QED) is 0.689. The van der Waals surface area contributed by atoms with Crippen molar-refractivity contribution in [2.75, 3.05) is 0 Å². The van der Waals surface area contributed by atoms with E-state index in [0.29, 0.717) is 5.56 Å². The van der Waals surface area contributed by atoms with Gasteiger partial charge >= 0.3 is 5.97 Å². The molecule has 0 spiro atoms. The standard InChI is InChI=1S/C13H15BrO3/c14-10-7-4-8-11(10)17-13(16)12(15)9-5-2-1-3-6-9/h1-3,5-6,10-12,15H,4,7-8H2/t10-,11-,12-/m0/s1. The van der Waals surface area contributed by atoms with Gasteiger partial charge in [-0.05, 0) is 24.8 Å². The zero-order valence-electron chi connectivity index (χ0n) is 9.38. The number of ether oxygens (including phenoxy) is 1. The van der Waals surface area contributed by atoms with Crippen molar-refractivity contribution in [1.29, 1.82) is 0 Å². The summed E-state index contributed by atoms with van der Waals surface area (Å²) in [5, 5.41) is 9.85. The Balaban J connectivity index is 1.96. The van der Waals surface area contributed by atoms with E-state index >= 15 is 0 Å². The topological polar surface area (TPSA) is 46.5 Å². The van der Waals surface area contributed by atoms with Gasteiger partial charge in [0.25, 0.3) is 0 Å².